The Morgan fingerprint density at radius 3 is 2.55 bits per heavy atom. The Hall–Kier alpha value is -1.72. The van der Waals surface area contributed by atoms with Gasteiger partial charge in [0, 0.05) is 23.0 Å². The number of nitrogens with zero attached hydrogens (tertiary/aromatic N) is 1. The van der Waals surface area contributed by atoms with Crippen molar-refractivity contribution in [2.45, 2.75) is 38.8 Å². The van der Waals surface area contributed by atoms with Gasteiger partial charge in [-0.05, 0) is 5.56 Å². The van der Waals surface area contributed by atoms with Crippen LogP contribution in [-0.2, 0) is 21.5 Å². The van der Waals surface area contributed by atoms with Crippen molar-refractivity contribution in [1.29, 1.82) is 0 Å². The van der Waals surface area contributed by atoms with Gasteiger partial charge in [0.1, 0.15) is 6.04 Å². The van der Waals surface area contributed by atoms with Crippen LogP contribution in [0.3, 0.4) is 0 Å². The lowest BCUT2D eigenvalue weighted by molar-refractivity contribution is -0.143. The number of ether oxygens (including phenoxy) is 1. The average Bonchev–Trinajstić information content (AvgIpc) is 2.97. The molecule has 4 nitrogen and oxygen atoms in total. The number of thiazole rings is 1. The van der Waals surface area contributed by atoms with Gasteiger partial charge in [-0.1, -0.05) is 51.1 Å². The maximum atomic E-state index is 12.0. The van der Waals surface area contributed by atoms with Crippen LogP contribution in [0.2, 0.25) is 0 Å². The molecule has 1 heterocycles. The number of aromatic nitrogens is 1. The fraction of sp³-hybridized carbons (Fsp3) is 0.412. The molecule has 0 aliphatic rings. The van der Waals surface area contributed by atoms with E-state index >= 15 is 0 Å². The average molecular weight is 318 g/mol. The highest BCUT2D eigenvalue weighted by Crippen LogP contribution is 2.27. The molecule has 0 saturated heterocycles. The largest absolute Gasteiger partial charge is 0.468 e. The molecule has 22 heavy (non-hydrogen) atoms. The van der Waals surface area contributed by atoms with Crippen molar-refractivity contribution in [2.75, 3.05) is 7.11 Å². The number of rotatable bonds is 5. The van der Waals surface area contributed by atoms with Crippen molar-refractivity contribution in [3.63, 3.8) is 0 Å². The van der Waals surface area contributed by atoms with E-state index in [4.69, 9.17) is 4.74 Å². The molecule has 1 N–H and O–H groups in total. The van der Waals surface area contributed by atoms with Gasteiger partial charge in [-0.25, -0.2) is 9.78 Å². The molecule has 1 aromatic heterocycles. The van der Waals surface area contributed by atoms with Gasteiger partial charge >= 0.3 is 5.97 Å². The number of carbonyl (C=O) groups excluding carboxylic acids is 1. The molecule has 2 rings (SSSR count). The fourth-order valence-electron chi connectivity index (χ4n) is 2.04. The van der Waals surface area contributed by atoms with Crippen LogP contribution in [0, 0.1) is 0 Å². The number of nitrogens with one attached hydrogen (secondary N) is 1. The van der Waals surface area contributed by atoms with Crippen LogP contribution in [0.25, 0.3) is 0 Å². The lowest BCUT2D eigenvalue weighted by Gasteiger charge is -2.16. The molecule has 0 fully saturated rings. The number of hydrogen-bond donors (Lipinski definition) is 1. The van der Waals surface area contributed by atoms with Gasteiger partial charge < -0.3 is 4.74 Å². The Morgan fingerprint density at radius 1 is 1.32 bits per heavy atom. The van der Waals surface area contributed by atoms with Gasteiger partial charge in [0.2, 0.25) is 0 Å². The molecule has 0 bridgehead atoms. The van der Waals surface area contributed by atoms with Crippen LogP contribution in [-0.4, -0.2) is 18.1 Å². The van der Waals surface area contributed by atoms with Crippen LogP contribution in [0.15, 0.2) is 36.5 Å². The topological polar surface area (TPSA) is 51.2 Å². The Labute approximate surface area is 135 Å². The Morgan fingerprint density at radius 2 is 2.00 bits per heavy atom. The zero-order chi connectivity index (χ0) is 16.2. The number of methoxy groups -OCH3 is 1. The van der Waals surface area contributed by atoms with Crippen molar-refractivity contribution in [3.05, 3.63) is 52.0 Å². The summed E-state index contributed by atoms with van der Waals surface area (Å²) in [6.45, 7) is 7.02. The SMILES string of the molecule is COC(=O)C(NCc1cnc(C(C)(C)C)s1)c1ccccc1. The molecule has 0 saturated carbocycles. The molecule has 0 aliphatic heterocycles. The lowest BCUT2D eigenvalue weighted by atomic mass is 9.98. The molecule has 0 aliphatic carbocycles. The molecule has 0 radical (unpaired) electrons. The van der Waals surface area contributed by atoms with E-state index in [-0.39, 0.29) is 11.4 Å². The van der Waals surface area contributed by atoms with Gasteiger partial charge in [0.15, 0.2) is 0 Å². The van der Waals surface area contributed by atoms with E-state index in [0.717, 1.165) is 15.4 Å². The van der Waals surface area contributed by atoms with Crippen molar-refractivity contribution >= 4 is 17.3 Å². The van der Waals surface area contributed by atoms with Crippen molar-refractivity contribution in [1.82, 2.24) is 10.3 Å². The number of benzene rings is 1. The van der Waals surface area contributed by atoms with Crippen molar-refractivity contribution in [3.8, 4) is 0 Å². The summed E-state index contributed by atoms with van der Waals surface area (Å²) < 4.78 is 4.90. The monoisotopic (exact) mass is 318 g/mol. The second-order valence-corrected chi connectivity index (χ2v) is 7.24. The summed E-state index contributed by atoms with van der Waals surface area (Å²) >= 11 is 1.67. The maximum absolute atomic E-state index is 12.0. The minimum absolute atomic E-state index is 0.0457. The van der Waals surface area contributed by atoms with Crippen LogP contribution >= 0.6 is 11.3 Å². The number of esters is 1. The molecule has 1 unspecified atom stereocenters. The first-order valence-corrected chi connectivity index (χ1v) is 8.05. The highest BCUT2D eigenvalue weighted by atomic mass is 32.1. The minimum Gasteiger partial charge on any atom is -0.468 e. The Balaban J connectivity index is 2.09. The predicted octanol–water partition coefficient (Wildman–Crippen LogP) is 3.44. The standard InChI is InChI=1S/C17H22N2O2S/c1-17(2,3)16-19-11-13(22-16)10-18-14(15(20)21-4)12-8-6-5-7-9-12/h5-9,11,14,18H,10H2,1-4H3. The van der Waals surface area contributed by atoms with E-state index in [0.29, 0.717) is 6.54 Å². The highest BCUT2D eigenvalue weighted by Gasteiger charge is 2.22. The van der Waals surface area contributed by atoms with Crippen molar-refractivity contribution in [2.24, 2.45) is 0 Å². The molecule has 1 atom stereocenters. The molecule has 1 aromatic carbocycles. The van der Waals surface area contributed by atoms with Crippen LogP contribution in [0.1, 0.15) is 42.3 Å². The second kappa shape index (κ2) is 7.03. The summed E-state index contributed by atoms with van der Waals surface area (Å²) in [5.41, 5.74) is 0.944. The molecular formula is C17H22N2O2S. The van der Waals surface area contributed by atoms with Gasteiger partial charge in [-0.2, -0.15) is 0 Å². The minimum atomic E-state index is -0.466. The third-order valence-electron chi connectivity index (χ3n) is 3.25. The Bertz CT molecular complexity index is 617. The van der Waals surface area contributed by atoms with Crippen LogP contribution in [0.4, 0.5) is 0 Å². The summed E-state index contributed by atoms with van der Waals surface area (Å²) in [4.78, 5) is 17.6. The Kier molecular flexibility index (Phi) is 5.32. The first-order valence-electron chi connectivity index (χ1n) is 7.23. The highest BCUT2D eigenvalue weighted by molar-refractivity contribution is 7.11. The number of carbonyl (C=O) groups is 1. The maximum Gasteiger partial charge on any atom is 0.327 e. The lowest BCUT2D eigenvalue weighted by Crippen LogP contribution is -2.29. The van der Waals surface area contributed by atoms with Gasteiger partial charge in [0.05, 0.1) is 12.1 Å². The molecule has 5 heteroatoms. The molecule has 118 valence electrons. The summed E-state index contributed by atoms with van der Waals surface area (Å²) in [6, 6.07) is 9.13. The van der Waals surface area contributed by atoms with E-state index in [1.165, 1.54) is 7.11 Å². The smallest absolute Gasteiger partial charge is 0.327 e. The van der Waals surface area contributed by atoms with E-state index in [1.807, 2.05) is 36.5 Å². The van der Waals surface area contributed by atoms with Crippen LogP contribution < -0.4 is 5.32 Å². The fourth-order valence-corrected chi connectivity index (χ4v) is 2.96. The predicted molar refractivity (Wildman–Crippen MR) is 88.9 cm³/mol. The normalized spacial score (nSPS) is 12.9. The summed E-state index contributed by atoms with van der Waals surface area (Å²) in [5, 5.41) is 4.36. The summed E-state index contributed by atoms with van der Waals surface area (Å²) in [5.74, 6) is -0.285. The third-order valence-corrected chi connectivity index (χ3v) is 4.67. The van der Waals surface area contributed by atoms with E-state index in [2.05, 4.69) is 31.1 Å². The summed E-state index contributed by atoms with van der Waals surface area (Å²) in [7, 11) is 1.41. The van der Waals surface area contributed by atoms with Gasteiger partial charge in [-0.3, -0.25) is 5.32 Å². The van der Waals surface area contributed by atoms with Crippen LogP contribution in [0.5, 0.6) is 0 Å². The van der Waals surface area contributed by atoms with Gasteiger partial charge in [-0.15, -0.1) is 11.3 Å². The second-order valence-electron chi connectivity index (χ2n) is 6.13. The first-order chi connectivity index (χ1) is 10.4. The first kappa shape index (κ1) is 16.6. The van der Waals surface area contributed by atoms with E-state index in [9.17, 15) is 4.79 Å². The zero-order valence-electron chi connectivity index (χ0n) is 13.4. The van der Waals surface area contributed by atoms with E-state index in [1.54, 1.807) is 11.3 Å². The quantitative estimate of drug-likeness (QED) is 0.858. The molecule has 0 spiro atoms. The molecule has 0 amide bonds. The van der Waals surface area contributed by atoms with E-state index < -0.39 is 6.04 Å². The summed E-state index contributed by atoms with van der Waals surface area (Å²) in [6.07, 6.45) is 1.87. The van der Waals surface area contributed by atoms with Gasteiger partial charge in [0.25, 0.3) is 0 Å². The molecular weight excluding hydrogens is 296 g/mol. The number of hydrogen-bond acceptors (Lipinski definition) is 5. The third kappa shape index (κ3) is 4.15. The molecule has 2 aromatic rings. The zero-order valence-corrected chi connectivity index (χ0v) is 14.2. The van der Waals surface area contributed by atoms with Crippen molar-refractivity contribution < 1.29 is 9.53 Å².